The number of aromatic nitrogens is 1. The smallest absolute Gasteiger partial charge is 0.0857 e. The third-order valence-electron chi connectivity index (χ3n) is 1.99. The standard InChI is InChI=1S/C10H12N2/c1-3-7-11-9(5-1)10-6-2-4-8-12-10/h1,3,5-7,12H,2,4,8H2. The summed E-state index contributed by atoms with van der Waals surface area (Å²) < 4.78 is 0. The fraction of sp³-hybridized carbons (Fsp3) is 0.300. The minimum absolute atomic E-state index is 1.05. The van der Waals surface area contributed by atoms with Crippen LogP contribution in [0.15, 0.2) is 30.5 Å². The maximum Gasteiger partial charge on any atom is 0.0857 e. The van der Waals surface area contributed by atoms with Crippen molar-refractivity contribution in [2.75, 3.05) is 6.54 Å². The van der Waals surface area contributed by atoms with Gasteiger partial charge in [-0.15, -0.1) is 0 Å². The zero-order valence-electron chi connectivity index (χ0n) is 6.96. The molecule has 0 atom stereocenters. The SMILES string of the molecule is C1=C(c2ccccn2)NCCC1. The van der Waals surface area contributed by atoms with Gasteiger partial charge in [0.15, 0.2) is 0 Å². The van der Waals surface area contributed by atoms with Gasteiger partial charge in [0.1, 0.15) is 0 Å². The first-order chi connectivity index (χ1) is 5.97. The summed E-state index contributed by atoms with van der Waals surface area (Å²) in [5.74, 6) is 0. The molecule has 0 amide bonds. The van der Waals surface area contributed by atoms with Gasteiger partial charge in [-0.2, -0.15) is 0 Å². The average molecular weight is 160 g/mol. The van der Waals surface area contributed by atoms with E-state index in [1.54, 1.807) is 0 Å². The lowest BCUT2D eigenvalue weighted by Crippen LogP contribution is -2.17. The molecule has 0 aliphatic carbocycles. The normalized spacial score (nSPS) is 16.5. The molecule has 0 radical (unpaired) electrons. The zero-order chi connectivity index (χ0) is 8.23. The topological polar surface area (TPSA) is 24.9 Å². The van der Waals surface area contributed by atoms with E-state index in [1.807, 2.05) is 24.4 Å². The van der Waals surface area contributed by atoms with E-state index in [9.17, 15) is 0 Å². The molecule has 12 heavy (non-hydrogen) atoms. The van der Waals surface area contributed by atoms with Gasteiger partial charge < -0.3 is 5.32 Å². The fourth-order valence-corrected chi connectivity index (χ4v) is 1.36. The van der Waals surface area contributed by atoms with E-state index >= 15 is 0 Å². The van der Waals surface area contributed by atoms with Gasteiger partial charge in [0, 0.05) is 12.7 Å². The molecule has 0 spiro atoms. The van der Waals surface area contributed by atoms with Crippen LogP contribution in [0.25, 0.3) is 5.70 Å². The molecular weight excluding hydrogens is 148 g/mol. The summed E-state index contributed by atoms with van der Waals surface area (Å²) in [5.41, 5.74) is 2.24. The predicted molar refractivity (Wildman–Crippen MR) is 49.5 cm³/mol. The van der Waals surface area contributed by atoms with Crippen molar-refractivity contribution in [1.29, 1.82) is 0 Å². The van der Waals surface area contributed by atoms with E-state index in [0.717, 1.165) is 12.2 Å². The predicted octanol–water partition coefficient (Wildman–Crippen LogP) is 1.81. The van der Waals surface area contributed by atoms with Gasteiger partial charge >= 0.3 is 0 Å². The van der Waals surface area contributed by atoms with Crippen molar-refractivity contribution in [2.45, 2.75) is 12.8 Å². The average Bonchev–Trinajstić information content (AvgIpc) is 2.21. The van der Waals surface area contributed by atoms with Crippen LogP contribution in [-0.2, 0) is 0 Å². The third-order valence-corrected chi connectivity index (χ3v) is 1.99. The van der Waals surface area contributed by atoms with Crippen molar-refractivity contribution < 1.29 is 0 Å². The molecule has 1 N–H and O–H groups in total. The van der Waals surface area contributed by atoms with Crippen molar-refractivity contribution in [1.82, 2.24) is 10.3 Å². The number of nitrogens with one attached hydrogen (secondary N) is 1. The monoisotopic (exact) mass is 160 g/mol. The molecule has 1 aliphatic heterocycles. The lowest BCUT2D eigenvalue weighted by atomic mass is 10.1. The molecule has 62 valence electrons. The summed E-state index contributed by atoms with van der Waals surface area (Å²) in [6.07, 6.45) is 6.44. The van der Waals surface area contributed by atoms with E-state index < -0.39 is 0 Å². The number of pyridine rings is 1. The van der Waals surface area contributed by atoms with Crippen LogP contribution in [0.4, 0.5) is 0 Å². The number of hydrogen-bond acceptors (Lipinski definition) is 2. The molecule has 2 nitrogen and oxygen atoms in total. The lowest BCUT2D eigenvalue weighted by molar-refractivity contribution is 0.741. The van der Waals surface area contributed by atoms with Crippen LogP contribution in [0.1, 0.15) is 18.5 Å². The highest BCUT2D eigenvalue weighted by Crippen LogP contribution is 2.12. The Labute approximate surface area is 72.3 Å². The number of rotatable bonds is 1. The van der Waals surface area contributed by atoms with Gasteiger partial charge in [0.25, 0.3) is 0 Å². The largest absolute Gasteiger partial charge is 0.384 e. The molecule has 2 rings (SSSR count). The third kappa shape index (κ3) is 1.47. The summed E-state index contributed by atoms with van der Waals surface area (Å²) in [5, 5.41) is 3.33. The van der Waals surface area contributed by atoms with Crippen LogP contribution in [-0.4, -0.2) is 11.5 Å². The Morgan fingerprint density at radius 2 is 2.33 bits per heavy atom. The quantitative estimate of drug-likeness (QED) is 0.677. The lowest BCUT2D eigenvalue weighted by Gasteiger charge is -2.14. The molecule has 0 aromatic carbocycles. The van der Waals surface area contributed by atoms with Gasteiger partial charge in [0.05, 0.1) is 11.4 Å². The maximum absolute atomic E-state index is 4.27. The molecule has 2 heterocycles. The molecular formula is C10H12N2. The molecule has 1 aliphatic rings. The first-order valence-electron chi connectivity index (χ1n) is 4.32. The molecule has 0 unspecified atom stereocenters. The summed E-state index contributed by atoms with van der Waals surface area (Å²) in [4.78, 5) is 4.27. The van der Waals surface area contributed by atoms with E-state index in [1.165, 1.54) is 18.5 Å². The zero-order valence-corrected chi connectivity index (χ0v) is 6.96. The molecule has 1 aromatic rings. The van der Waals surface area contributed by atoms with Crippen molar-refractivity contribution >= 4 is 5.70 Å². The molecule has 2 heteroatoms. The fourth-order valence-electron chi connectivity index (χ4n) is 1.36. The maximum atomic E-state index is 4.27. The van der Waals surface area contributed by atoms with Crippen molar-refractivity contribution in [3.63, 3.8) is 0 Å². The summed E-state index contributed by atoms with van der Waals surface area (Å²) in [7, 11) is 0. The first-order valence-corrected chi connectivity index (χ1v) is 4.32. The van der Waals surface area contributed by atoms with E-state index in [4.69, 9.17) is 0 Å². The van der Waals surface area contributed by atoms with Crippen molar-refractivity contribution in [3.8, 4) is 0 Å². The Morgan fingerprint density at radius 1 is 1.33 bits per heavy atom. The minimum Gasteiger partial charge on any atom is -0.384 e. The number of hydrogen-bond donors (Lipinski definition) is 1. The van der Waals surface area contributed by atoms with Gasteiger partial charge in [-0.25, -0.2) is 0 Å². The van der Waals surface area contributed by atoms with Gasteiger partial charge in [-0.1, -0.05) is 12.1 Å². The Balaban J connectivity index is 2.24. The molecule has 0 fully saturated rings. The highest BCUT2D eigenvalue weighted by molar-refractivity contribution is 5.60. The van der Waals surface area contributed by atoms with Crippen LogP contribution in [0.3, 0.4) is 0 Å². The van der Waals surface area contributed by atoms with Crippen LogP contribution < -0.4 is 5.32 Å². The summed E-state index contributed by atoms with van der Waals surface area (Å²) in [6, 6.07) is 5.98. The Kier molecular flexibility index (Phi) is 2.08. The highest BCUT2D eigenvalue weighted by atomic mass is 14.9. The Morgan fingerprint density at radius 3 is 3.00 bits per heavy atom. The van der Waals surface area contributed by atoms with Crippen LogP contribution in [0.5, 0.6) is 0 Å². The number of nitrogens with zero attached hydrogens (tertiary/aromatic N) is 1. The van der Waals surface area contributed by atoms with Crippen LogP contribution >= 0.6 is 0 Å². The molecule has 0 saturated heterocycles. The second-order valence-corrected chi connectivity index (χ2v) is 2.90. The van der Waals surface area contributed by atoms with Gasteiger partial charge in [-0.3, -0.25) is 4.98 Å². The second kappa shape index (κ2) is 3.39. The van der Waals surface area contributed by atoms with E-state index in [0.29, 0.717) is 0 Å². The highest BCUT2D eigenvalue weighted by Gasteiger charge is 2.04. The number of allylic oxidation sites excluding steroid dienone is 1. The molecule has 1 aromatic heterocycles. The second-order valence-electron chi connectivity index (χ2n) is 2.90. The Hall–Kier alpha value is -1.31. The molecule has 0 saturated carbocycles. The van der Waals surface area contributed by atoms with Crippen LogP contribution in [0.2, 0.25) is 0 Å². The summed E-state index contributed by atoms with van der Waals surface area (Å²) >= 11 is 0. The minimum atomic E-state index is 1.05. The van der Waals surface area contributed by atoms with Crippen LogP contribution in [0, 0.1) is 0 Å². The summed E-state index contributed by atoms with van der Waals surface area (Å²) in [6.45, 7) is 1.07. The van der Waals surface area contributed by atoms with Crippen molar-refractivity contribution in [3.05, 3.63) is 36.2 Å². The van der Waals surface area contributed by atoms with Gasteiger partial charge in [-0.05, 0) is 25.0 Å². The van der Waals surface area contributed by atoms with Crippen molar-refractivity contribution in [2.24, 2.45) is 0 Å². The Bertz CT molecular complexity index is 277. The van der Waals surface area contributed by atoms with E-state index in [2.05, 4.69) is 16.4 Å². The van der Waals surface area contributed by atoms with Gasteiger partial charge in [0.2, 0.25) is 0 Å². The first kappa shape index (κ1) is 7.35. The van der Waals surface area contributed by atoms with E-state index in [-0.39, 0.29) is 0 Å². The molecule has 0 bridgehead atoms.